The van der Waals surface area contributed by atoms with E-state index in [0.717, 1.165) is 12.1 Å². The highest BCUT2D eigenvalue weighted by atomic mass is 31.2. The van der Waals surface area contributed by atoms with Crippen LogP contribution in [0.15, 0.2) is 48.5 Å². The number of ether oxygens (including phenoxy) is 2. The van der Waals surface area contributed by atoms with E-state index in [9.17, 15) is 22.5 Å². The van der Waals surface area contributed by atoms with Crippen LogP contribution in [0.5, 0.6) is 17.2 Å². The summed E-state index contributed by atoms with van der Waals surface area (Å²) in [5, 5.41) is 2.02. The van der Waals surface area contributed by atoms with E-state index in [0.29, 0.717) is 11.5 Å². The highest BCUT2D eigenvalue weighted by Gasteiger charge is 2.30. The minimum absolute atomic E-state index is 0.216. The zero-order valence-electron chi connectivity index (χ0n) is 13.6. The van der Waals surface area contributed by atoms with Gasteiger partial charge in [0.05, 0.1) is 5.56 Å². The summed E-state index contributed by atoms with van der Waals surface area (Å²) in [6.07, 6.45) is -5.20. The fourth-order valence-electron chi connectivity index (χ4n) is 1.84. The van der Waals surface area contributed by atoms with Crippen LogP contribution in [0.25, 0.3) is 0 Å². The normalized spacial score (nSPS) is 11.7. The van der Waals surface area contributed by atoms with E-state index in [-0.39, 0.29) is 5.75 Å². The average molecular weight is 405 g/mol. The first kappa shape index (κ1) is 20.8. The highest BCUT2D eigenvalue weighted by molar-refractivity contribution is 7.51. The quantitative estimate of drug-likeness (QED) is 0.612. The molecule has 1 amide bonds. The Labute approximate surface area is 151 Å². The molecule has 2 rings (SSSR count). The average Bonchev–Trinajstić information content (AvgIpc) is 2.58. The van der Waals surface area contributed by atoms with Gasteiger partial charge in [0.1, 0.15) is 23.5 Å². The van der Waals surface area contributed by atoms with Gasteiger partial charge in [-0.25, -0.2) is 0 Å². The molecule has 0 aromatic heterocycles. The second kappa shape index (κ2) is 8.43. The maximum atomic E-state index is 12.5. The number of hydrogen-bond donors (Lipinski definition) is 3. The third-order valence-corrected chi connectivity index (χ3v) is 3.66. The second-order valence-corrected chi connectivity index (χ2v) is 6.95. The van der Waals surface area contributed by atoms with E-state index in [1.54, 1.807) is 0 Å². The molecule has 0 spiro atoms. The minimum Gasteiger partial charge on any atom is -0.484 e. The van der Waals surface area contributed by atoms with E-state index in [2.05, 4.69) is 0 Å². The first-order valence-electron chi connectivity index (χ1n) is 7.42. The van der Waals surface area contributed by atoms with Crippen molar-refractivity contribution in [2.75, 3.05) is 12.9 Å². The Morgan fingerprint density at radius 2 is 1.44 bits per heavy atom. The van der Waals surface area contributed by atoms with Crippen LogP contribution in [0, 0.1) is 0 Å². The predicted octanol–water partition coefficient (Wildman–Crippen LogP) is 3.13. The summed E-state index contributed by atoms with van der Waals surface area (Å²) in [4.78, 5) is 28.7. The van der Waals surface area contributed by atoms with Crippen molar-refractivity contribution in [2.24, 2.45) is 0 Å². The van der Waals surface area contributed by atoms with Gasteiger partial charge in [0, 0.05) is 0 Å². The Bertz CT molecular complexity index is 818. The van der Waals surface area contributed by atoms with Gasteiger partial charge in [-0.3, -0.25) is 9.36 Å². The van der Waals surface area contributed by atoms with Crippen molar-refractivity contribution in [3.05, 3.63) is 54.1 Å². The number of rotatable bonds is 7. The monoisotopic (exact) mass is 405 g/mol. The highest BCUT2D eigenvalue weighted by Crippen LogP contribution is 2.32. The summed E-state index contributed by atoms with van der Waals surface area (Å²) in [5.41, 5.74) is -0.782. The third-order valence-electron chi connectivity index (χ3n) is 3.09. The van der Waals surface area contributed by atoms with Gasteiger partial charge >= 0.3 is 13.8 Å². The standard InChI is InChI=1S/C16H15F3NO6P/c17-16(18,19)11-1-3-13(4-2-11)26-14-7-5-12(6-8-14)25-9-15(21)20-10-27(22,23)24/h1-8H,9-10H2,(H,20,21)(H2,22,23,24). The lowest BCUT2D eigenvalue weighted by molar-refractivity contribution is -0.137. The lowest BCUT2D eigenvalue weighted by atomic mass is 10.2. The lowest BCUT2D eigenvalue weighted by Gasteiger charge is -2.10. The fraction of sp³-hybridized carbons (Fsp3) is 0.188. The summed E-state index contributed by atoms with van der Waals surface area (Å²) >= 11 is 0. The molecule has 2 aromatic rings. The summed E-state index contributed by atoms with van der Waals surface area (Å²) in [5.74, 6) is 0.144. The molecular formula is C16H15F3NO6P. The maximum Gasteiger partial charge on any atom is 0.416 e. The van der Waals surface area contributed by atoms with Crippen molar-refractivity contribution in [2.45, 2.75) is 6.18 Å². The number of alkyl halides is 3. The summed E-state index contributed by atoms with van der Waals surface area (Å²) in [6, 6.07) is 10.1. The van der Waals surface area contributed by atoms with E-state index < -0.39 is 38.1 Å². The second-order valence-electron chi connectivity index (χ2n) is 5.31. The van der Waals surface area contributed by atoms with Crippen molar-refractivity contribution in [1.82, 2.24) is 5.32 Å². The number of carbonyl (C=O) groups excluding carboxylic acids is 1. The van der Waals surface area contributed by atoms with Gasteiger partial charge in [-0.2, -0.15) is 13.2 Å². The maximum absolute atomic E-state index is 12.5. The molecule has 27 heavy (non-hydrogen) atoms. The summed E-state index contributed by atoms with van der Waals surface area (Å²) < 4.78 is 58.7. The fourth-order valence-corrected chi connectivity index (χ4v) is 2.23. The first-order valence-corrected chi connectivity index (χ1v) is 9.22. The van der Waals surface area contributed by atoms with Crippen molar-refractivity contribution in [1.29, 1.82) is 0 Å². The molecule has 0 aliphatic carbocycles. The van der Waals surface area contributed by atoms with Crippen molar-refractivity contribution in [3.63, 3.8) is 0 Å². The van der Waals surface area contributed by atoms with Crippen molar-refractivity contribution in [3.8, 4) is 17.2 Å². The molecule has 0 aliphatic rings. The first-order chi connectivity index (χ1) is 12.5. The number of hydrogen-bond acceptors (Lipinski definition) is 4. The van der Waals surface area contributed by atoms with Crippen LogP contribution in [0.1, 0.15) is 5.56 Å². The minimum atomic E-state index is -4.42. The third kappa shape index (κ3) is 7.30. The molecule has 2 aromatic carbocycles. The molecule has 0 saturated carbocycles. The molecule has 3 N–H and O–H groups in total. The Balaban J connectivity index is 1.86. The van der Waals surface area contributed by atoms with Gasteiger partial charge in [0.25, 0.3) is 5.91 Å². The molecule has 0 saturated heterocycles. The molecule has 0 atom stereocenters. The van der Waals surface area contributed by atoms with E-state index in [1.165, 1.54) is 36.4 Å². The molecule has 146 valence electrons. The van der Waals surface area contributed by atoms with Crippen LogP contribution in [0.3, 0.4) is 0 Å². The van der Waals surface area contributed by atoms with Gasteiger partial charge in [0.15, 0.2) is 6.61 Å². The zero-order valence-corrected chi connectivity index (χ0v) is 14.5. The van der Waals surface area contributed by atoms with Crippen molar-refractivity contribution >= 4 is 13.5 Å². The smallest absolute Gasteiger partial charge is 0.416 e. The molecule has 0 unspecified atom stereocenters. The molecule has 11 heteroatoms. The topological polar surface area (TPSA) is 105 Å². The largest absolute Gasteiger partial charge is 0.484 e. The zero-order chi connectivity index (χ0) is 20.1. The lowest BCUT2D eigenvalue weighted by Crippen LogP contribution is -2.29. The van der Waals surface area contributed by atoms with E-state index in [1.807, 2.05) is 5.32 Å². The molecule has 0 aliphatic heterocycles. The number of halogens is 3. The van der Waals surface area contributed by atoms with Gasteiger partial charge in [0.2, 0.25) is 0 Å². The van der Waals surface area contributed by atoms with Crippen LogP contribution in [0.2, 0.25) is 0 Å². The molecule has 0 heterocycles. The summed E-state index contributed by atoms with van der Waals surface area (Å²) in [6.45, 7) is -0.445. The predicted molar refractivity (Wildman–Crippen MR) is 88.5 cm³/mol. The van der Waals surface area contributed by atoms with Gasteiger partial charge in [-0.05, 0) is 48.5 Å². The number of amides is 1. The van der Waals surface area contributed by atoms with Crippen LogP contribution in [-0.4, -0.2) is 28.6 Å². The van der Waals surface area contributed by atoms with Gasteiger partial charge < -0.3 is 24.6 Å². The van der Waals surface area contributed by atoms with Gasteiger partial charge in [-0.15, -0.1) is 0 Å². The van der Waals surface area contributed by atoms with Crippen LogP contribution < -0.4 is 14.8 Å². The molecular weight excluding hydrogens is 390 g/mol. The molecule has 0 radical (unpaired) electrons. The SMILES string of the molecule is O=C(COc1ccc(Oc2ccc(C(F)(F)F)cc2)cc1)NCP(=O)(O)O. The number of carbonyl (C=O) groups is 1. The number of nitrogens with one attached hydrogen (secondary N) is 1. The Hall–Kier alpha value is -2.55. The van der Waals surface area contributed by atoms with Crippen molar-refractivity contribution < 1.29 is 41.8 Å². The van der Waals surface area contributed by atoms with Gasteiger partial charge in [-0.1, -0.05) is 0 Å². The Kier molecular flexibility index (Phi) is 6.48. The number of benzene rings is 2. The summed E-state index contributed by atoms with van der Waals surface area (Å²) in [7, 11) is -4.33. The molecule has 7 nitrogen and oxygen atoms in total. The Morgan fingerprint density at radius 1 is 0.963 bits per heavy atom. The van der Waals surface area contributed by atoms with Crippen LogP contribution >= 0.6 is 7.60 Å². The Morgan fingerprint density at radius 3 is 1.93 bits per heavy atom. The van der Waals surface area contributed by atoms with Crippen LogP contribution in [-0.2, 0) is 15.5 Å². The molecule has 0 bridgehead atoms. The van der Waals surface area contributed by atoms with Crippen LogP contribution in [0.4, 0.5) is 13.2 Å². The van der Waals surface area contributed by atoms with E-state index in [4.69, 9.17) is 19.3 Å². The molecule has 0 fully saturated rings. The van der Waals surface area contributed by atoms with E-state index >= 15 is 0 Å².